The molecule has 0 radical (unpaired) electrons. The number of hydrogen-bond donors (Lipinski definition) is 0. The van der Waals surface area contributed by atoms with Crippen LogP contribution in [0.15, 0.2) is 45.5 Å². The van der Waals surface area contributed by atoms with Gasteiger partial charge in [-0.15, -0.1) is 0 Å². The number of aromatic nitrogens is 2. The highest BCUT2D eigenvalue weighted by Crippen LogP contribution is 2.25. The molecule has 2 heterocycles. The normalized spacial score (nSPS) is 12.7. The molecule has 0 amide bonds. The molecule has 0 aliphatic carbocycles. The average molecular weight is 315 g/mol. The lowest BCUT2D eigenvalue weighted by atomic mass is 10.2. The average Bonchev–Trinajstić information content (AvgIpc) is 3.17. The van der Waals surface area contributed by atoms with E-state index < -0.39 is 0 Å². The second-order valence-electron chi connectivity index (χ2n) is 5.55. The van der Waals surface area contributed by atoms with Crippen LogP contribution >= 0.6 is 0 Å². The van der Waals surface area contributed by atoms with Gasteiger partial charge in [0, 0.05) is 18.2 Å². The summed E-state index contributed by atoms with van der Waals surface area (Å²) in [5.74, 6) is 0.847. The SMILES string of the molecule is Cc1oc(-c2cccc(F)c2)nc1CN(C)[C@H](C)c1ccon1. The molecule has 0 fully saturated rings. The molecule has 1 aromatic carbocycles. The van der Waals surface area contributed by atoms with Crippen molar-refractivity contribution in [2.24, 2.45) is 0 Å². The third kappa shape index (κ3) is 3.32. The zero-order chi connectivity index (χ0) is 16.4. The van der Waals surface area contributed by atoms with Gasteiger partial charge in [0.25, 0.3) is 0 Å². The number of benzene rings is 1. The summed E-state index contributed by atoms with van der Waals surface area (Å²) >= 11 is 0. The molecular formula is C17H18FN3O2. The van der Waals surface area contributed by atoms with Gasteiger partial charge in [0.1, 0.15) is 23.5 Å². The molecule has 0 bridgehead atoms. The minimum absolute atomic E-state index is 0.0856. The summed E-state index contributed by atoms with van der Waals surface area (Å²) in [5.41, 5.74) is 2.31. The molecule has 0 saturated carbocycles. The van der Waals surface area contributed by atoms with Crippen LogP contribution < -0.4 is 0 Å². The first-order valence-corrected chi connectivity index (χ1v) is 7.37. The molecule has 2 aromatic heterocycles. The van der Waals surface area contributed by atoms with E-state index in [1.165, 1.54) is 12.1 Å². The predicted octanol–water partition coefficient (Wildman–Crippen LogP) is 3.97. The van der Waals surface area contributed by atoms with Gasteiger partial charge in [-0.3, -0.25) is 4.90 Å². The summed E-state index contributed by atoms with van der Waals surface area (Å²) in [5, 5.41) is 3.96. The summed E-state index contributed by atoms with van der Waals surface area (Å²) in [6, 6.07) is 8.16. The second-order valence-corrected chi connectivity index (χ2v) is 5.55. The maximum Gasteiger partial charge on any atom is 0.226 e. The topological polar surface area (TPSA) is 55.3 Å². The van der Waals surface area contributed by atoms with Crippen molar-refractivity contribution in [3.63, 3.8) is 0 Å². The number of oxazole rings is 1. The summed E-state index contributed by atoms with van der Waals surface area (Å²) in [7, 11) is 1.98. The minimum atomic E-state index is -0.309. The van der Waals surface area contributed by atoms with E-state index in [0.717, 1.165) is 17.1 Å². The lowest BCUT2D eigenvalue weighted by molar-refractivity contribution is 0.237. The van der Waals surface area contributed by atoms with Gasteiger partial charge in [-0.25, -0.2) is 9.37 Å². The van der Waals surface area contributed by atoms with Crippen molar-refractivity contribution in [3.05, 3.63) is 59.6 Å². The Morgan fingerprint density at radius 2 is 2.13 bits per heavy atom. The molecule has 0 unspecified atom stereocenters. The van der Waals surface area contributed by atoms with E-state index in [-0.39, 0.29) is 11.9 Å². The highest BCUT2D eigenvalue weighted by molar-refractivity contribution is 5.53. The van der Waals surface area contributed by atoms with Crippen LogP contribution in [0.3, 0.4) is 0 Å². The Kier molecular flexibility index (Phi) is 4.25. The number of rotatable bonds is 5. The van der Waals surface area contributed by atoms with Gasteiger partial charge >= 0.3 is 0 Å². The molecule has 0 aliphatic rings. The summed E-state index contributed by atoms with van der Waals surface area (Å²) in [4.78, 5) is 6.60. The molecule has 1 atom stereocenters. The highest BCUT2D eigenvalue weighted by Gasteiger charge is 2.19. The Morgan fingerprint density at radius 3 is 2.83 bits per heavy atom. The van der Waals surface area contributed by atoms with Crippen LogP contribution in [-0.2, 0) is 6.54 Å². The van der Waals surface area contributed by atoms with Crippen LogP contribution in [0, 0.1) is 12.7 Å². The Balaban J connectivity index is 1.79. The Hall–Kier alpha value is -2.47. The Bertz CT molecular complexity index is 783. The molecule has 0 aliphatic heterocycles. The Morgan fingerprint density at radius 1 is 1.30 bits per heavy atom. The lowest BCUT2D eigenvalue weighted by Crippen LogP contribution is -2.22. The first kappa shape index (κ1) is 15.4. The Labute approximate surface area is 133 Å². The van der Waals surface area contributed by atoms with Gasteiger partial charge < -0.3 is 8.94 Å². The maximum atomic E-state index is 13.3. The van der Waals surface area contributed by atoms with E-state index >= 15 is 0 Å². The molecular weight excluding hydrogens is 297 g/mol. The first-order valence-electron chi connectivity index (χ1n) is 7.37. The zero-order valence-electron chi connectivity index (χ0n) is 13.3. The number of aryl methyl sites for hydroxylation is 1. The van der Waals surface area contributed by atoms with Crippen molar-refractivity contribution in [3.8, 4) is 11.5 Å². The van der Waals surface area contributed by atoms with Crippen LogP contribution in [0.25, 0.3) is 11.5 Å². The van der Waals surface area contributed by atoms with Gasteiger partial charge in [-0.1, -0.05) is 11.2 Å². The van der Waals surface area contributed by atoms with Gasteiger partial charge in [0.15, 0.2) is 0 Å². The van der Waals surface area contributed by atoms with Gasteiger partial charge in [0.05, 0.1) is 11.7 Å². The smallest absolute Gasteiger partial charge is 0.226 e. The maximum absolute atomic E-state index is 13.3. The summed E-state index contributed by atoms with van der Waals surface area (Å²) < 4.78 is 23.9. The fourth-order valence-electron chi connectivity index (χ4n) is 2.36. The molecule has 0 N–H and O–H groups in total. The van der Waals surface area contributed by atoms with Crippen LogP contribution in [0.1, 0.15) is 30.1 Å². The molecule has 5 nitrogen and oxygen atoms in total. The fourth-order valence-corrected chi connectivity index (χ4v) is 2.36. The summed E-state index contributed by atoms with van der Waals surface area (Å²) in [6.45, 7) is 4.50. The summed E-state index contributed by atoms with van der Waals surface area (Å²) in [6.07, 6.45) is 1.56. The molecule has 6 heteroatoms. The van der Waals surface area contributed by atoms with Gasteiger partial charge in [0.2, 0.25) is 5.89 Å². The quantitative estimate of drug-likeness (QED) is 0.713. The van der Waals surface area contributed by atoms with Crippen molar-refractivity contribution in [1.29, 1.82) is 0 Å². The third-order valence-corrected chi connectivity index (χ3v) is 3.91. The van der Waals surface area contributed by atoms with E-state index in [1.54, 1.807) is 18.4 Å². The molecule has 3 rings (SSSR count). The van der Waals surface area contributed by atoms with Crippen LogP contribution in [0.5, 0.6) is 0 Å². The number of nitrogens with zero attached hydrogens (tertiary/aromatic N) is 3. The molecule has 120 valence electrons. The van der Waals surface area contributed by atoms with E-state index in [2.05, 4.69) is 15.0 Å². The van der Waals surface area contributed by atoms with Gasteiger partial charge in [-0.2, -0.15) is 0 Å². The van der Waals surface area contributed by atoms with Crippen LogP contribution in [-0.4, -0.2) is 22.1 Å². The van der Waals surface area contributed by atoms with Gasteiger partial charge in [-0.05, 0) is 39.1 Å². The fraction of sp³-hybridized carbons (Fsp3) is 0.294. The second kappa shape index (κ2) is 6.34. The third-order valence-electron chi connectivity index (χ3n) is 3.91. The predicted molar refractivity (Wildman–Crippen MR) is 83.0 cm³/mol. The number of halogens is 1. The minimum Gasteiger partial charge on any atom is -0.441 e. The molecule has 0 spiro atoms. The highest BCUT2D eigenvalue weighted by atomic mass is 19.1. The monoisotopic (exact) mass is 315 g/mol. The molecule has 23 heavy (non-hydrogen) atoms. The molecule has 0 saturated heterocycles. The van der Waals surface area contributed by atoms with Crippen molar-refractivity contribution >= 4 is 0 Å². The van der Waals surface area contributed by atoms with Crippen LogP contribution in [0.4, 0.5) is 4.39 Å². The van der Waals surface area contributed by atoms with Crippen molar-refractivity contribution in [2.75, 3.05) is 7.05 Å². The standard InChI is InChI=1S/C17H18FN3O2/c1-11(15-7-8-22-20-15)21(3)10-16-12(2)23-17(19-16)13-5-4-6-14(18)9-13/h4-9,11H,10H2,1-3H3/t11-/m1/s1. The van der Waals surface area contributed by atoms with E-state index in [1.807, 2.05) is 27.0 Å². The van der Waals surface area contributed by atoms with Crippen molar-refractivity contribution < 1.29 is 13.3 Å². The number of hydrogen-bond acceptors (Lipinski definition) is 5. The lowest BCUT2D eigenvalue weighted by Gasteiger charge is -2.21. The molecule has 3 aromatic rings. The van der Waals surface area contributed by atoms with E-state index in [0.29, 0.717) is 18.0 Å². The van der Waals surface area contributed by atoms with Crippen molar-refractivity contribution in [2.45, 2.75) is 26.4 Å². The largest absolute Gasteiger partial charge is 0.441 e. The van der Waals surface area contributed by atoms with Crippen LogP contribution in [0.2, 0.25) is 0 Å². The van der Waals surface area contributed by atoms with E-state index in [9.17, 15) is 4.39 Å². The zero-order valence-corrected chi connectivity index (χ0v) is 13.3. The first-order chi connectivity index (χ1) is 11.0. The van der Waals surface area contributed by atoms with Crippen molar-refractivity contribution in [1.82, 2.24) is 15.0 Å². The van der Waals surface area contributed by atoms with E-state index in [4.69, 9.17) is 8.94 Å².